The number of amides is 2. The third-order valence-electron chi connectivity index (χ3n) is 4.76. The molecule has 1 aromatic carbocycles. The van der Waals surface area contributed by atoms with E-state index < -0.39 is 0 Å². The summed E-state index contributed by atoms with van der Waals surface area (Å²) in [5.41, 5.74) is 3.12. The lowest BCUT2D eigenvalue weighted by Gasteiger charge is -2.30. The second kappa shape index (κ2) is 8.77. The Morgan fingerprint density at radius 2 is 2.11 bits per heavy atom. The molecule has 2 aromatic rings. The summed E-state index contributed by atoms with van der Waals surface area (Å²) in [6.07, 6.45) is 3.72. The fourth-order valence-electron chi connectivity index (χ4n) is 3.43. The van der Waals surface area contributed by atoms with Crippen molar-refractivity contribution in [3.8, 4) is 11.1 Å². The van der Waals surface area contributed by atoms with E-state index in [9.17, 15) is 9.59 Å². The zero-order chi connectivity index (χ0) is 19.2. The van der Waals surface area contributed by atoms with E-state index >= 15 is 0 Å². The molecule has 1 atom stereocenters. The summed E-state index contributed by atoms with van der Waals surface area (Å²) in [5.74, 6) is -0.211. The number of hydrogen-bond donors (Lipinski definition) is 2. The fourth-order valence-corrected chi connectivity index (χ4v) is 3.43. The van der Waals surface area contributed by atoms with Gasteiger partial charge in [0, 0.05) is 37.8 Å². The number of nitrogens with zero attached hydrogens (tertiary/aromatic N) is 2. The van der Waals surface area contributed by atoms with E-state index in [-0.39, 0.29) is 17.9 Å². The van der Waals surface area contributed by atoms with Crippen molar-refractivity contribution in [1.82, 2.24) is 20.5 Å². The number of carbonyl (C=O) groups is 2. The first-order valence-corrected chi connectivity index (χ1v) is 9.31. The van der Waals surface area contributed by atoms with Crippen LogP contribution in [0.25, 0.3) is 11.1 Å². The summed E-state index contributed by atoms with van der Waals surface area (Å²) in [6, 6.07) is 11.7. The van der Waals surface area contributed by atoms with Crippen LogP contribution in [0.5, 0.6) is 0 Å². The largest absolute Gasteiger partial charge is 0.352 e. The molecule has 1 aliphatic rings. The fraction of sp³-hybridized carbons (Fsp3) is 0.381. The summed E-state index contributed by atoms with van der Waals surface area (Å²) in [6.45, 7) is 3.89. The first-order valence-electron chi connectivity index (χ1n) is 9.31. The lowest BCUT2D eigenvalue weighted by Crippen LogP contribution is -2.46. The SMILES string of the molecule is CC(=O)NCc1cccc(-c2cccnc2C(=O)N[C@@H]2CCCN(C)C2)c1. The number of nitrogens with one attached hydrogen (secondary N) is 2. The molecule has 0 saturated carbocycles. The molecule has 0 aliphatic carbocycles. The van der Waals surface area contributed by atoms with Gasteiger partial charge in [-0.1, -0.05) is 24.3 Å². The van der Waals surface area contributed by atoms with Crippen molar-refractivity contribution in [2.75, 3.05) is 20.1 Å². The van der Waals surface area contributed by atoms with Gasteiger partial charge in [0.05, 0.1) is 0 Å². The highest BCUT2D eigenvalue weighted by Crippen LogP contribution is 2.23. The van der Waals surface area contributed by atoms with E-state index in [1.807, 2.05) is 36.4 Å². The molecular formula is C21H26N4O2. The molecule has 6 nitrogen and oxygen atoms in total. The van der Waals surface area contributed by atoms with Crippen LogP contribution in [0.1, 0.15) is 35.8 Å². The van der Waals surface area contributed by atoms with Crippen molar-refractivity contribution in [2.45, 2.75) is 32.4 Å². The molecule has 1 fully saturated rings. The van der Waals surface area contributed by atoms with Crippen molar-refractivity contribution in [3.63, 3.8) is 0 Å². The summed E-state index contributed by atoms with van der Waals surface area (Å²) < 4.78 is 0. The molecule has 6 heteroatoms. The highest BCUT2D eigenvalue weighted by Gasteiger charge is 2.22. The minimum absolute atomic E-state index is 0.0701. The van der Waals surface area contributed by atoms with Crippen molar-refractivity contribution >= 4 is 11.8 Å². The van der Waals surface area contributed by atoms with Crippen LogP contribution in [0.2, 0.25) is 0 Å². The Kier molecular flexibility index (Phi) is 6.19. The van der Waals surface area contributed by atoms with Crippen molar-refractivity contribution < 1.29 is 9.59 Å². The van der Waals surface area contributed by atoms with E-state index in [1.54, 1.807) is 6.20 Å². The van der Waals surface area contributed by atoms with Crippen LogP contribution in [-0.2, 0) is 11.3 Å². The molecule has 3 rings (SSSR count). The maximum absolute atomic E-state index is 12.9. The van der Waals surface area contributed by atoms with Gasteiger partial charge in [-0.15, -0.1) is 0 Å². The number of pyridine rings is 1. The average molecular weight is 366 g/mol. The number of likely N-dealkylation sites (N-methyl/N-ethyl adjacent to an activating group) is 1. The number of benzene rings is 1. The lowest BCUT2D eigenvalue weighted by atomic mass is 10.0. The van der Waals surface area contributed by atoms with Crippen LogP contribution >= 0.6 is 0 Å². The Balaban J connectivity index is 1.80. The maximum atomic E-state index is 12.9. The minimum Gasteiger partial charge on any atom is -0.352 e. The average Bonchev–Trinajstić information content (AvgIpc) is 2.66. The molecule has 27 heavy (non-hydrogen) atoms. The molecule has 1 aromatic heterocycles. The highest BCUT2D eigenvalue weighted by molar-refractivity contribution is 5.99. The quantitative estimate of drug-likeness (QED) is 0.851. The second-order valence-electron chi connectivity index (χ2n) is 7.08. The van der Waals surface area contributed by atoms with Crippen molar-refractivity contribution in [1.29, 1.82) is 0 Å². The molecule has 2 amide bonds. The van der Waals surface area contributed by atoms with Crippen LogP contribution in [0.3, 0.4) is 0 Å². The van der Waals surface area contributed by atoms with Gasteiger partial charge in [-0.25, -0.2) is 0 Å². The lowest BCUT2D eigenvalue weighted by molar-refractivity contribution is -0.119. The van der Waals surface area contributed by atoms with Gasteiger partial charge in [-0.05, 0) is 49.7 Å². The Labute approximate surface area is 160 Å². The number of hydrogen-bond acceptors (Lipinski definition) is 4. The van der Waals surface area contributed by atoms with Crippen LogP contribution in [-0.4, -0.2) is 47.9 Å². The van der Waals surface area contributed by atoms with Gasteiger partial charge in [0.2, 0.25) is 5.91 Å². The van der Waals surface area contributed by atoms with Crippen LogP contribution in [0, 0.1) is 0 Å². The Bertz CT molecular complexity index is 821. The number of carbonyl (C=O) groups excluding carboxylic acids is 2. The topological polar surface area (TPSA) is 74.3 Å². The number of likely N-dealkylation sites (tertiary alicyclic amines) is 1. The Hall–Kier alpha value is -2.73. The van der Waals surface area contributed by atoms with Gasteiger partial charge in [0.25, 0.3) is 5.91 Å². The first-order chi connectivity index (χ1) is 13.0. The van der Waals surface area contributed by atoms with Gasteiger partial charge in [0.1, 0.15) is 5.69 Å². The predicted octanol–water partition coefficient (Wildman–Crippen LogP) is 2.21. The summed E-state index contributed by atoms with van der Waals surface area (Å²) in [7, 11) is 2.07. The van der Waals surface area contributed by atoms with Crippen LogP contribution in [0.4, 0.5) is 0 Å². The highest BCUT2D eigenvalue weighted by atomic mass is 16.2. The minimum atomic E-state index is -0.141. The number of piperidine rings is 1. The molecule has 2 N–H and O–H groups in total. The molecule has 1 aliphatic heterocycles. The van der Waals surface area contributed by atoms with Gasteiger partial charge >= 0.3 is 0 Å². The summed E-state index contributed by atoms with van der Waals surface area (Å²) in [5, 5.41) is 5.93. The molecule has 0 bridgehead atoms. The molecule has 1 saturated heterocycles. The van der Waals surface area contributed by atoms with E-state index in [0.717, 1.165) is 42.6 Å². The van der Waals surface area contributed by atoms with Crippen LogP contribution < -0.4 is 10.6 Å². The van der Waals surface area contributed by atoms with E-state index in [2.05, 4.69) is 27.6 Å². The van der Waals surface area contributed by atoms with E-state index in [4.69, 9.17) is 0 Å². The zero-order valence-corrected chi connectivity index (χ0v) is 15.9. The molecule has 0 spiro atoms. The standard InChI is InChI=1S/C21H26N4O2/c1-15(26)23-13-16-6-3-7-17(12-16)19-9-4-10-22-20(19)21(27)24-18-8-5-11-25(2)14-18/h3-4,6-7,9-10,12,18H,5,8,11,13-14H2,1-2H3,(H,23,26)(H,24,27)/t18-/m1/s1. The molecule has 2 heterocycles. The van der Waals surface area contributed by atoms with E-state index in [1.165, 1.54) is 6.92 Å². The van der Waals surface area contributed by atoms with Crippen molar-refractivity contribution in [3.05, 3.63) is 53.9 Å². The first kappa shape index (κ1) is 19.0. The van der Waals surface area contributed by atoms with Crippen molar-refractivity contribution in [2.24, 2.45) is 0 Å². The maximum Gasteiger partial charge on any atom is 0.270 e. The molecular weight excluding hydrogens is 340 g/mol. The number of rotatable bonds is 5. The van der Waals surface area contributed by atoms with Gasteiger partial charge in [-0.3, -0.25) is 14.6 Å². The Morgan fingerprint density at radius 3 is 2.89 bits per heavy atom. The third kappa shape index (κ3) is 5.14. The van der Waals surface area contributed by atoms with Gasteiger partial charge in [0.15, 0.2) is 0 Å². The second-order valence-corrected chi connectivity index (χ2v) is 7.08. The molecule has 0 radical (unpaired) electrons. The third-order valence-corrected chi connectivity index (χ3v) is 4.76. The molecule has 142 valence electrons. The predicted molar refractivity (Wildman–Crippen MR) is 105 cm³/mol. The zero-order valence-electron chi connectivity index (χ0n) is 15.9. The van der Waals surface area contributed by atoms with Gasteiger partial charge in [-0.2, -0.15) is 0 Å². The smallest absolute Gasteiger partial charge is 0.270 e. The normalized spacial score (nSPS) is 17.3. The Morgan fingerprint density at radius 1 is 1.26 bits per heavy atom. The summed E-state index contributed by atoms with van der Waals surface area (Å²) in [4.78, 5) is 30.6. The monoisotopic (exact) mass is 366 g/mol. The summed E-state index contributed by atoms with van der Waals surface area (Å²) >= 11 is 0. The molecule has 0 unspecified atom stereocenters. The van der Waals surface area contributed by atoms with Crippen LogP contribution in [0.15, 0.2) is 42.6 Å². The van der Waals surface area contributed by atoms with Gasteiger partial charge < -0.3 is 15.5 Å². The van der Waals surface area contributed by atoms with E-state index in [0.29, 0.717) is 12.2 Å². The number of aromatic nitrogens is 1.